The summed E-state index contributed by atoms with van der Waals surface area (Å²) in [4.78, 5) is 50.6. The standard InChI is InChI=1S/C19H34N4O6/c1-5-11(4)15(19(28)29)22-17(26)14(10(2)3)21-16(25)13-7-6-8-23(13)18(27)12(20)9-24/h10-15,24H,5-9,20H2,1-4H3,(H,21,25)(H,22,26)(H,28,29). The summed E-state index contributed by atoms with van der Waals surface area (Å²) in [5.74, 6) is -3.29. The molecule has 1 heterocycles. The van der Waals surface area contributed by atoms with E-state index < -0.39 is 54.5 Å². The number of hydrogen-bond acceptors (Lipinski definition) is 6. The van der Waals surface area contributed by atoms with Gasteiger partial charge in [-0.15, -0.1) is 0 Å². The van der Waals surface area contributed by atoms with E-state index in [1.54, 1.807) is 20.8 Å². The number of nitrogens with two attached hydrogens (primary N) is 1. The second-order valence-electron chi connectivity index (χ2n) is 7.92. The van der Waals surface area contributed by atoms with Gasteiger partial charge in [-0.25, -0.2) is 4.79 Å². The number of hydrogen-bond donors (Lipinski definition) is 5. The molecule has 0 aromatic carbocycles. The van der Waals surface area contributed by atoms with Crippen molar-refractivity contribution in [3.63, 3.8) is 0 Å². The number of likely N-dealkylation sites (tertiary alicyclic amines) is 1. The molecule has 1 rings (SSSR count). The van der Waals surface area contributed by atoms with Gasteiger partial charge in [-0.2, -0.15) is 0 Å². The maximum Gasteiger partial charge on any atom is 0.326 e. The normalized spacial score (nSPS) is 20.7. The van der Waals surface area contributed by atoms with Crippen LogP contribution in [0.25, 0.3) is 0 Å². The second-order valence-corrected chi connectivity index (χ2v) is 7.92. The quantitative estimate of drug-likeness (QED) is 0.308. The molecule has 0 bridgehead atoms. The summed E-state index contributed by atoms with van der Waals surface area (Å²) in [5.41, 5.74) is 5.59. The van der Waals surface area contributed by atoms with Gasteiger partial charge in [-0.1, -0.05) is 34.1 Å². The van der Waals surface area contributed by atoms with Crippen molar-refractivity contribution in [2.24, 2.45) is 17.6 Å². The topological polar surface area (TPSA) is 162 Å². The van der Waals surface area contributed by atoms with Crippen molar-refractivity contribution in [1.82, 2.24) is 15.5 Å². The van der Waals surface area contributed by atoms with Crippen LogP contribution in [-0.2, 0) is 19.2 Å². The first kappa shape index (κ1) is 24.8. The molecule has 0 aromatic heterocycles. The highest BCUT2D eigenvalue weighted by atomic mass is 16.4. The van der Waals surface area contributed by atoms with Crippen molar-refractivity contribution in [1.29, 1.82) is 0 Å². The van der Waals surface area contributed by atoms with E-state index >= 15 is 0 Å². The van der Waals surface area contributed by atoms with Crippen LogP contribution in [0.3, 0.4) is 0 Å². The van der Waals surface area contributed by atoms with Crippen LogP contribution in [0.1, 0.15) is 47.0 Å². The van der Waals surface area contributed by atoms with Gasteiger partial charge >= 0.3 is 5.97 Å². The molecule has 10 nitrogen and oxygen atoms in total. The van der Waals surface area contributed by atoms with Gasteiger partial charge in [-0.3, -0.25) is 14.4 Å². The molecule has 0 spiro atoms. The average Bonchev–Trinajstić information content (AvgIpc) is 3.17. The summed E-state index contributed by atoms with van der Waals surface area (Å²) in [6.45, 7) is 6.86. The van der Waals surface area contributed by atoms with Crippen LogP contribution >= 0.6 is 0 Å². The first-order valence-electron chi connectivity index (χ1n) is 10.1. The molecular weight excluding hydrogens is 380 g/mol. The van der Waals surface area contributed by atoms with Crippen molar-refractivity contribution >= 4 is 23.7 Å². The summed E-state index contributed by atoms with van der Waals surface area (Å²) < 4.78 is 0. The molecule has 10 heteroatoms. The van der Waals surface area contributed by atoms with E-state index in [0.29, 0.717) is 25.8 Å². The third-order valence-electron chi connectivity index (χ3n) is 5.38. The number of carboxylic acids is 1. The Morgan fingerprint density at radius 1 is 1.14 bits per heavy atom. The Balaban J connectivity index is 2.89. The molecule has 6 N–H and O–H groups in total. The first-order chi connectivity index (χ1) is 13.5. The minimum atomic E-state index is -1.13. The third-order valence-corrected chi connectivity index (χ3v) is 5.38. The van der Waals surface area contributed by atoms with Gasteiger partial charge in [0, 0.05) is 6.54 Å². The largest absolute Gasteiger partial charge is 0.480 e. The molecule has 0 aromatic rings. The molecule has 0 aliphatic carbocycles. The molecule has 5 atom stereocenters. The summed E-state index contributed by atoms with van der Waals surface area (Å²) in [7, 11) is 0. The van der Waals surface area contributed by atoms with E-state index in [1.807, 2.05) is 6.92 Å². The second kappa shape index (κ2) is 11.1. The van der Waals surface area contributed by atoms with Gasteiger partial charge in [-0.05, 0) is 24.7 Å². The summed E-state index contributed by atoms with van der Waals surface area (Å²) in [5, 5.41) is 23.7. The molecule has 3 amide bonds. The fourth-order valence-corrected chi connectivity index (χ4v) is 3.30. The lowest BCUT2D eigenvalue weighted by atomic mass is 9.97. The van der Waals surface area contributed by atoms with Crippen LogP contribution in [0.15, 0.2) is 0 Å². The summed E-state index contributed by atoms with van der Waals surface area (Å²) in [6.07, 6.45) is 1.60. The highest BCUT2D eigenvalue weighted by Gasteiger charge is 2.38. The molecule has 5 unspecified atom stereocenters. The van der Waals surface area contributed by atoms with Gasteiger partial charge in [0.2, 0.25) is 17.7 Å². The zero-order valence-corrected chi connectivity index (χ0v) is 17.6. The van der Waals surface area contributed by atoms with Crippen LogP contribution in [0.2, 0.25) is 0 Å². The Morgan fingerprint density at radius 3 is 2.24 bits per heavy atom. The molecular formula is C19H34N4O6. The van der Waals surface area contributed by atoms with Gasteiger partial charge in [0.25, 0.3) is 0 Å². The fraction of sp³-hybridized carbons (Fsp3) is 0.789. The lowest BCUT2D eigenvalue weighted by Crippen LogP contribution is -2.58. The number of carbonyl (C=O) groups excluding carboxylic acids is 3. The molecule has 1 saturated heterocycles. The highest BCUT2D eigenvalue weighted by molar-refractivity contribution is 5.94. The van der Waals surface area contributed by atoms with Crippen LogP contribution < -0.4 is 16.4 Å². The van der Waals surface area contributed by atoms with Gasteiger partial charge in [0.15, 0.2) is 0 Å². The SMILES string of the molecule is CCC(C)C(NC(=O)C(NC(=O)C1CCCN1C(=O)C(N)CO)C(C)C)C(=O)O. The van der Waals surface area contributed by atoms with E-state index in [4.69, 9.17) is 10.8 Å². The Kier molecular flexibility index (Phi) is 9.51. The minimum absolute atomic E-state index is 0.275. The van der Waals surface area contributed by atoms with Crippen molar-refractivity contribution < 1.29 is 29.4 Å². The summed E-state index contributed by atoms with van der Waals surface area (Å²) in [6, 6.07) is -3.88. The Hall–Kier alpha value is -2.20. The monoisotopic (exact) mass is 414 g/mol. The zero-order valence-electron chi connectivity index (χ0n) is 17.6. The molecule has 0 saturated carbocycles. The number of amides is 3. The van der Waals surface area contributed by atoms with Crippen LogP contribution in [0.4, 0.5) is 0 Å². The number of aliphatic hydroxyl groups excluding tert-OH is 1. The van der Waals surface area contributed by atoms with Crippen molar-refractivity contribution in [2.75, 3.05) is 13.2 Å². The van der Waals surface area contributed by atoms with Gasteiger partial charge in [0.05, 0.1) is 6.61 Å². The van der Waals surface area contributed by atoms with Crippen molar-refractivity contribution in [2.45, 2.75) is 71.1 Å². The Bertz CT molecular complexity index is 612. The van der Waals surface area contributed by atoms with Crippen molar-refractivity contribution in [3.8, 4) is 0 Å². The number of rotatable bonds is 10. The highest BCUT2D eigenvalue weighted by Crippen LogP contribution is 2.19. The predicted molar refractivity (Wildman–Crippen MR) is 106 cm³/mol. The van der Waals surface area contributed by atoms with Gasteiger partial charge < -0.3 is 31.5 Å². The molecule has 1 aliphatic heterocycles. The molecule has 166 valence electrons. The van der Waals surface area contributed by atoms with Crippen LogP contribution in [-0.4, -0.2) is 76.1 Å². The van der Waals surface area contributed by atoms with E-state index in [0.717, 1.165) is 0 Å². The first-order valence-corrected chi connectivity index (χ1v) is 10.1. The number of nitrogens with one attached hydrogen (secondary N) is 2. The molecule has 29 heavy (non-hydrogen) atoms. The van der Waals surface area contributed by atoms with Crippen LogP contribution in [0.5, 0.6) is 0 Å². The third kappa shape index (κ3) is 6.40. The zero-order chi connectivity index (χ0) is 22.3. The molecule has 1 fully saturated rings. The number of nitrogens with zero attached hydrogens (tertiary/aromatic N) is 1. The van der Waals surface area contributed by atoms with Crippen molar-refractivity contribution in [3.05, 3.63) is 0 Å². The fourth-order valence-electron chi connectivity index (χ4n) is 3.30. The maximum absolute atomic E-state index is 12.8. The smallest absolute Gasteiger partial charge is 0.326 e. The van der Waals surface area contributed by atoms with Gasteiger partial charge in [0.1, 0.15) is 24.2 Å². The number of aliphatic carboxylic acids is 1. The molecule has 0 radical (unpaired) electrons. The van der Waals surface area contributed by atoms with E-state index in [1.165, 1.54) is 4.90 Å². The lowest BCUT2D eigenvalue weighted by Gasteiger charge is -2.30. The van der Waals surface area contributed by atoms with Crippen LogP contribution in [0, 0.1) is 11.8 Å². The Labute approximate surface area is 171 Å². The lowest BCUT2D eigenvalue weighted by molar-refractivity contribution is -0.144. The van der Waals surface area contributed by atoms with E-state index in [-0.39, 0.29) is 11.8 Å². The van der Waals surface area contributed by atoms with E-state index in [2.05, 4.69) is 10.6 Å². The number of carbonyl (C=O) groups is 4. The van der Waals surface area contributed by atoms with E-state index in [9.17, 15) is 24.3 Å². The predicted octanol–water partition coefficient (Wildman–Crippen LogP) is -0.947. The average molecular weight is 415 g/mol. The minimum Gasteiger partial charge on any atom is -0.480 e. The maximum atomic E-state index is 12.8. The number of aliphatic hydroxyl groups is 1. The number of carboxylic acid groups (broad SMARTS) is 1. The Morgan fingerprint density at radius 2 is 1.76 bits per heavy atom. The molecule has 1 aliphatic rings. The summed E-state index contributed by atoms with van der Waals surface area (Å²) >= 11 is 0.